The number of ketones is 2. The highest BCUT2D eigenvalue weighted by Gasteiger charge is 2.72. The maximum atomic E-state index is 14.1. The van der Waals surface area contributed by atoms with Gasteiger partial charge in [-0.1, -0.05) is 93.9 Å². The van der Waals surface area contributed by atoms with Crippen LogP contribution in [0.2, 0.25) is 15.1 Å². The van der Waals surface area contributed by atoms with Crippen LogP contribution in [-0.4, -0.2) is 28.3 Å². The molecule has 4 aromatic rings. The molecule has 1 fully saturated rings. The maximum Gasteiger partial charge on any atom is 0.247 e. The molecule has 43 heavy (non-hydrogen) atoms. The molecule has 216 valence electrons. The van der Waals surface area contributed by atoms with Crippen molar-refractivity contribution in [1.82, 2.24) is 0 Å². The van der Waals surface area contributed by atoms with E-state index in [1.807, 2.05) is 36.4 Å². The molecule has 1 aliphatic carbocycles. The van der Waals surface area contributed by atoms with E-state index < -0.39 is 28.1 Å². The van der Waals surface area contributed by atoms with Gasteiger partial charge in [-0.25, -0.2) is 0 Å². The summed E-state index contributed by atoms with van der Waals surface area (Å²) in [4.78, 5) is 32.0. The van der Waals surface area contributed by atoms with Gasteiger partial charge in [-0.2, -0.15) is 0 Å². The number of benzene rings is 4. The fraction of sp³-hybridized carbons (Fsp3) is 0.0938. The van der Waals surface area contributed by atoms with Crippen LogP contribution < -0.4 is 10.2 Å². The first-order chi connectivity index (χ1) is 20.6. The number of halogens is 6. The number of hydrogen-bond acceptors (Lipinski definition) is 5. The second-order valence-electron chi connectivity index (χ2n) is 10.00. The van der Waals surface area contributed by atoms with E-state index in [-0.39, 0.29) is 10.1 Å². The number of nitrogens with one attached hydrogen (secondary N) is 1. The quantitative estimate of drug-likeness (QED) is 0.0948. The van der Waals surface area contributed by atoms with E-state index in [2.05, 4.69) is 10.3 Å². The van der Waals surface area contributed by atoms with Crippen LogP contribution in [0, 0.1) is 0 Å². The molecule has 2 heterocycles. The first kappa shape index (κ1) is 30.0. The molecule has 2 aliphatic heterocycles. The molecule has 0 aromatic heterocycles. The number of carbonyl (C=O) groups is 2. The fourth-order valence-corrected chi connectivity index (χ4v) is 6.89. The van der Waals surface area contributed by atoms with Crippen molar-refractivity contribution in [3.05, 3.63) is 133 Å². The predicted molar refractivity (Wildman–Crippen MR) is 177 cm³/mol. The number of carbonyl (C=O) groups excluding carboxylic acids is 2. The van der Waals surface area contributed by atoms with E-state index in [1.54, 1.807) is 71.8 Å². The third-order valence-corrected chi connectivity index (χ3v) is 9.87. The van der Waals surface area contributed by atoms with Gasteiger partial charge in [0.1, 0.15) is 0 Å². The van der Waals surface area contributed by atoms with Crippen molar-refractivity contribution < 1.29 is 9.59 Å². The summed E-state index contributed by atoms with van der Waals surface area (Å²) in [5.74, 6) is -1.74. The molecule has 0 saturated carbocycles. The zero-order chi connectivity index (χ0) is 30.5. The Morgan fingerprint density at radius 1 is 0.674 bits per heavy atom. The molecule has 4 aromatic carbocycles. The van der Waals surface area contributed by atoms with Crippen molar-refractivity contribution in [2.75, 3.05) is 10.2 Å². The fourth-order valence-electron chi connectivity index (χ4n) is 5.39. The molecule has 0 amide bonds. The lowest BCUT2D eigenvalue weighted by Crippen LogP contribution is -2.76. The normalized spacial score (nSPS) is 23.4. The van der Waals surface area contributed by atoms with Crippen LogP contribution in [0.4, 0.5) is 17.1 Å². The lowest BCUT2D eigenvalue weighted by Gasteiger charge is -2.59. The van der Waals surface area contributed by atoms with Gasteiger partial charge in [0.25, 0.3) is 0 Å². The van der Waals surface area contributed by atoms with Crippen molar-refractivity contribution in [1.29, 1.82) is 0 Å². The minimum absolute atomic E-state index is 0.0766. The highest BCUT2D eigenvalue weighted by Crippen LogP contribution is 2.60. The monoisotopic (exact) mass is 687 g/mol. The Bertz CT molecular complexity index is 1790. The number of fused-ring (bicyclic) bond motifs is 2. The molecular weight excluding hydrogens is 671 g/mol. The van der Waals surface area contributed by atoms with E-state index in [1.165, 1.54) is 0 Å². The molecule has 1 saturated heterocycles. The van der Waals surface area contributed by atoms with E-state index in [0.717, 1.165) is 11.3 Å². The number of nitrogens with zero attached hydrogens (tertiary/aromatic N) is 2. The van der Waals surface area contributed by atoms with Crippen LogP contribution in [0.15, 0.2) is 112 Å². The molecular formula is C32H19Cl6N3O2. The Morgan fingerprint density at radius 3 is 1.79 bits per heavy atom. The first-order valence-corrected chi connectivity index (χ1v) is 15.1. The SMILES string of the molecule is O=C1C(=O)[C@@]2(Cl)C(Cl)=C(Cl)[C@]1(Nc1ccc(Cl)cc1)C(c1ccc(C=Nc3ccc(Cl)cc3)cc1)N2c1ccc(Cl)cc1. The lowest BCUT2D eigenvalue weighted by atomic mass is 9.68. The topological polar surface area (TPSA) is 61.8 Å². The zero-order valence-electron chi connectivity index (χ0n) is 21.9. The van der Waals surface area contributed by atoms with Gasteiger partial charge < -0.3 is 10.2 Å². The summed E-state index contributed by atoms with van der Waals surface area (Å²) in [5, 5.41) is 4.59. The van der Waals surface area contributed by atoms with E-state index >= 15 is 0 Å². The standard InChI is InChI=1S/C32H19Cl6N3O2/c33-20-5-11-23(12-6-20)39-17-18-1-3-19(4-2-18)28-31(40-24-13-7-21(34)8-14-24)26(36)27(37)32(38,30(43)29(31)42)41(28)25-15-9-22(35)10-16-25/h1-17,28,40H/t28?,31-,32+/m0/s1. The van der Waals surface area contributed by atoms with Gasteiger partial charge >= 0.3 is 0 Å². The Morgan fingerprint density at radius 2 is 1.21 bits per heavy atom. The molecule has 2 bridgehead atoms. The van der Waals surface area contributed by atoms with Crippen LogP contribution in [0.3, 0.4) is 0 Å². The molecule has 5 nitrogen and oxygen atoms in total. The number of alkyl halides is 1. The Balaban J connectivity index is 1.52. The van der Waals surface area contributed by atoms with E-state index in [9.17, 15) is 9.59 Å². The van der Waals surface area contributed by atoms with E-state index in [4.69, 9.17) is 69.6 Å². The van der Waals surface area contributed by atoms with Gasteiger partial charge in [0.15, 0.2) is 5.54 Å². The molecule has 3 aliphatic rings. The molecule has 1 N–H and O–H groups in total. The molecule has 0 radical (unpaired) electrons. The second-order valence-corrected chi connectivity index (χ2v) is 12.6. The third kappa shape index (κ3) is 5.02. The zero-order valence-corrected chi connectivity index (χ0v) is 26.4. The highest BCUT2D eigenvalue weighted by molar-refractivity contribution is 6.66. The summed E-state index contributed by atoms with van der Waals surface area (Å²) in [6.07, 6.45) is 1.71. The number of aliphatic imine (C=N–C) groups is 1. The van der Waals surface area contributed by atoms with Crippen LogP contribution >= 0.6 is 69.6 Å². The van der Waals surface area contributed by atoms with Crippen LogP contribution in [0.1, 0.15) is 17.2 Å². The number of Topliss-reactive ketones (excluding diaryl/α,β-unsaturated/α-hetero) is 2. The Kier molecular flexibility index (Phi) is 8.01. The van der Waals surface area contributed by atoms with Crippen molar-refractivity contribution in [2.45, 2.75) is 16.6 Å². The molecule has 7 rings (SSSR count). The second kappa shape index (κ2) is 11.5. The Labute approximate surface area is 277 Å². The molecule has 3 atom stereocenters. The average molecular weight is 690 g/mol. The van der Waals surface area contributed by atoms with Crippen LogP contribution in [0.25, 0.3) is 0 Å². The number of anilines is 2. The first-order valence-electron chi connectivity index (χ1n) is 12.9. The van der Waals surface area contributed by atoms with Gasteiger partial charge in [-0.3, -0.25) is 14.6 Å². The summed E-state index contributed by atoms with van der Waals surface area (Å²) >= 11 is 39.1. The smallest absolute Gasteiger partial charge is 0.247 e. The van der Waals surface area contributed by atoms with Crippen molar-refractivity contribution in [3.63, 3.8) is 0 Å². The summed E-state index contributed by atoms with van der Waals surface area (Å²) < 4.78 is 0. The Hall–Kier alpha value is -3.03. The van der Waals surface area contributed by atoms with Crippen molar-refractivity contribution >= 4 is 104 Å². The van der Waals surface area contributed by atoms with Gasteiger partial charge in [0.05, 0.1) is 21.8 Å². The van der Waals surface area contributed by atoms with Crippen molar-refractivity contribution in [3.8, 4) is 0 Å². The number of hydrogen-bond donors (Lipinski definition) is 1. The molecule has 1 unspecified atom stereocenters. The van der Waals surface area contributed by atoms with Gasteiger partial charge in [-0.05, 0) is 83.9 Å². The summed E-state index contributed by atoms with van der Waals surface area (Å²) in [6.45, 7) is 0. The highest BCUT2D eigenvalue weighted by atomic mass is 35.5. The number of piperidine rings is 1. The van der Waals surface area contributed by atoms with Crippen molar-refractivity contribution in [2.24, 2.45) is 4.99 Å². The lowest BCUT2D eigenvalue weighted by molar-refractivity contribution is -0.142. The summed E-state index contributed by atoms with van der Waals surface area (Å²) in [6, 6.07) is 27.0. The van der Waals surface area contributed by atoms with E-state index in [0.29, 0.717) is 32.0 Å². The average Bonchev–Trinajstić information content (AvgIpc) is 3.01. The summed E-state index contributed by atoms with van der Waals surface area (Å²) in [5.41, 5.74) is 1.32. The molecule has 11 heteroatoms. The van der Waals surface area contributed by atoms with Crippen LogP contribution in [-0.2, 0) is 9.59 Å². The molecule has 0 spiro atoms. The van der Waals surface area contributed by atoms with Crippen LogP contribution in [0.5, 0.6) is 0 Å². The summed E-state index contributed by atoms with van der Waals surface area (Å²) in [7, 11) is 0. The third-order valence-electron chi connectivity index (χ3n) is 7.43. The van der Waals surface area contributed by atoms with Gasteiger partial charge in [0.2, 0.25) is 16.6 Å². The minimum atomic E-state index is -2.09. The largest absolute Gasteiger partial charge is 0.366 e. The minimum Gasteiger partial charge on any atom is -0.366 e. The van der Waals surface area contributed by atoms with Gasteiger partial charge in [-0.15, -0.1) is 0 Å². The number of rotatable bonds is 6. The predicted octanol–water partition coefficient (Wildman–Crippen LogP) is 9.59. The maximum absolute atomic E-state index is 14.1. The van der Waals surface area contributed by atoms with Gasteiger partial charge in [0, 0.05) is 32.7 Å².